The Hall–Kier alpha value is -2.88. The molecule has 0 spiro atoms. The van der Waals surface area contributed by atoms with E-state index in [0.717, 1.165) is 30.0 Å². The molecule has 1 atom stereocenters. The Balaban J connectivity index is 1.71. The molecule has 3 aromatic rings. The Kier molecular flexibility index (Phi) is 4.70. The number of rotatable bonds is 5. The number of carbonyl (C=O) groups is 1. The summed E-state index contributed by atoms with van der Waals surface area (Å²) in [6, 6.07) is 6.17. The third-order valence-corrected chi connectivity index (χ3v) is 4.30. The summed E-state index contributed by atoms with van der Waals surface area (Å²) in [6.07, 6.45) is 1.47. The number of aromatic nitrogens is 3. The van der Waals surface area contributed by atoms with Gasteiger partial charge in [-0.15, -0.1) is 10.2 Å². The molecule has 0 radical (unpaired) electrons. The first-order valence-electron chi connectivity index (χ1n) is 7.12. The first-order chi connectivity index (χ1) is 12.0. The van der Waals surface area contributed by atoms with Gasteiger partial charge in [0.15, 0.2) is 5.76 Å². The Morgan fingerprint density at radius 2 is 2.16 bits per heavy atom. The monoisotopic (exact) mass is 365 g/mol. The maximum absolute atomic E-state index is 13.6. The van der Waals surface area contributed by atoms with Gasteiger partial charge in [-0.25, -0.2) is 13.5 Å². The zero-order valence-electron chi connectivity index (χ0n) is 12.9. The molecule has 0 saturated carbocycles. The smallest absolute Gasteiger partial charge is 0.237 e. The highest BCUT2D eigenvalue weighted by molar-refractivity contribution is 8.00. The number of nitrogens with two attached hydrogens (primary N) is 1. The van der Waals surface area contributed by atoms with E-state index in [1.807, 2.05) is 0 Å². The van der Waals surface area contributed by atoms with E-state index in [4.69, 9.17) is 10.3 Å². The van der Waals surface area contributed by atoms with Gasteiger partial charge in [0.1, 0.15) is 11.6 Å². The summed E-state index contributed by atoms with van der Waals surface area (Å²) >= 11 is 1.02. The average Bonchev–Trinajstić information content (AvgIpc) is 3.21. The van der Waals surface area contributed by atoms with Crippen molar-refractivity contribution in [2.45, 2.75) is 17.3 Å². The van der Waals surface area contributed by atoms with Gasteiger partial charge in [0, 0.05) is 6.07 Å². The molecule has 25 heavy (non-hydrogen) atoms. The second-order valence-corrected chi connectivity index (χ2v) is 6.33. The van der Waals surface area contributed by atoms with Gasteiger partial charge in [0.2, 0.25) is 16.9 Å². The van der Waals surface area contributed by atoms with Gasteiger partial charge in [-0.1, -0.05) is 11.8 Å². The van der Waals surface area contributed by atoms with Crippen LogP contribution in [0.25, 0.3) is 11.6 Å². The molecule has 1 unspecified atom stereocenters. The van der Waals surface area contributed by atoms with Gasteiger partial charge in [0.05, 0.1) is 17.2 Å². The molecule has 1 aromatic carbocycles. The van der Waals surface area contributed by atoms with E-state index >= 15 is 0 Å². The van der Waals surface area contributed by atoms with Gasteiger partial charge in [-0.2, -0.15) is 0 Å². The molecule has 130 valence electrons. The van der Waals surface area contributed by atoms with Gasteiger partial charge >= 0.3 is 0 Å². The zero-order valence-corrected chi connectivity index (χ0v) is 13.8. The largest absolute Gasteiger partial charge is 0.461 e. The average molecular weight is 365 g/mol. The van der Waals surface area contributed by atoms with Crippen LogP contribution >= 0.6 is 11.8 Å². The molecule has 0 bridgehead atoms. The number of carbonyl (C=O) groups excluding carboxylic acids is 1. The second-order valence-electron chi connectivity index (χ2n) is 5.03. The molecule has 0 aliphatic rings. The molecule has 2 aromatic heterocycles. The normalized spacial score (nSPS) is 12.1. The first kappa shape index (κ1) is 17.0. The quantitative estimate of drug-likeness (QED) is 0.533. The molecule has 0 saturated heterocycles. The van der Waals surface area contributed by atoms with E-state index in [1.54, 1.807) is 19.1 Å². The van der Waals surface area contributed by atoms with Crippen molar-refractivity contribution >= 4 is 23.4 Å². The number of furan rings is 1. The van der Waals surface area contributed by atoms with Crippen LogP contribution in [0.1, 0.15) is 6.92 Å². The maximum Gasteiger partial charge on any atom is 0.237 e. The minimum Gasteiger partial charge on any atom is -0.461 e. The van der Waals surface area contributed by atoms with Crippen LogP contribution in [0.3, 0.4) is 0 Å². The topological polar surface area (TPSA) is 99.0 Å². The Labute approximate surface area is 145 Å². The highest BCUT2D eigenvalue weighted by Crippen LogP contribution is 2.26. The molecular formula is C15H13F2N5O2S. The number of benzene rings is 1. The van der Waals surface area contributed by atoms with Crippen LogP contribution in [0.2, 0.25) is 0 Å². The lowest BCUT2D eigenvalue weighted by atomic mass is 10.3. The Morgan fingerprint density at radius 3 is 2.88 bits per heavy atom. The molecule has 3 rings (SSSR count). The van der Waals surface area contributed by atoms with Crippen LogP contribution in [0.4, 0.5) is 14.5 Å². The molecule has 10 heteroatoms. The molecular weight excluding hydrogens is 352 g/mol. The van der Waals surface area contributed by atoms with Gasteiger partial charge < -0.3 is 15.6 Å². The van der Waals surface area contributed by atoms with Crippen LogP contribution in [-0.2, 0) is 4.79 Å². The third-order valence-electron chi connectivity index (χ3n) is 3.24. The van der Waals surface area contributed by atoms with Crippen molar-refractivity contribution in [3.63, 3.8) is 0 Å². The second kappa shape index (κ2) is 6.93. The fourth-order valence-electron chi connectivity index (χ4n) is 1.97. The van der Waals surface area contributed by atoms with Crippen LogP contribution in [0, 0.1) is 11.6 Å². The number of anilines is 1. The van der Waals surface area contributed by atoms with E-state index < -0.39 is 22.8 Å². The van der Waals surface area contributed by atoms with Crippen molar-refractivity contribution in [3.8, 4) is 11.6 Å². The van der Waals surface area contributed by atoms with Crippen LogP contribution in [0.15, 0.2) is 46.2 Å². The summed E-state index contributed by atoms with van der Waals surface area (Å²) < 4.78 is 33.2. The van der Waals surface area contributed by atoms with E-state index in [1.165, 1.54) is 10.9 Å². The summed E-state index contributed by atoms with van der Waals surface area (Å²) in [5.41, 5.74) is -0.233. The molecule has 0 fully saturated rings. The third kappa shape index (κ3) is 3.63. The highest BCUT2D eigenvalue weighted by atomic mass is 32.2. The standard InChI is InChI=1S/C15H13F2N5O2S/c1-8(14(23)19-11-7-9(16)4-5-10(11)17)25-15-21-20-13(22(15)18)12-3-2-6-24-12/h2-8H,18H2,1H3,(H,19,23). The number of amides is 1. The van der Waals surface area contributed by atoms with Gasteiger partial charge in [0.25, 0.3) is 0 Å². The number of hydrogen-bond donors (Lipinski definition) is 2. The molecule has 1 amide bonds. The highest BCUT2D eigenvalue weighted by Gasteiger charge is 2.21. The lowest BCUT2D eigenvalue weighted by Gasteiger charge is -2.12. The molecule has 3 N–H and O–H groups in total. The minimum absolute atomic E-state index is 0.233. The van der Waals surface area contributed by atoms with Crippen molar-refractivity contribution in [1.82, 2.24) is 14.9 Å². The fourth-order valence-corrected chi connectivity index (χ4v) is 2.74. The number of nitrogen functional groups attached to an aromatic ring is 1. The van der Waals surface area contributed by atoms with E-state index in [9.17, 15) is 13.6 Å². The molecule has 7 nitrogen and oxygen atoms in total. The van der Waals surface area contributed by atoms with E-state index in [2.05, 4.69) is 15.5 Å². The lowest BCUT2D eigenvalue weighted by molar-refractivity contribution is -0.115. The summed E-state index contributed by atoms with van der Waals surface area (Å²) in [5, 5.41) is 9.75. The predicted molar refractivity (Wildman–Crippen MR) is 88.2 cm³/mol. The zero-order chi connectivity index (χ0) is 18.0. The summed E-state index contributed by atoms with van der Waals surface area (Å²) in [4.78, 5) is 12.2. The lowest BCUT2D eigenvalue weighted by Crippen LogP contribution is -2.24. The van der Waals surface area contributed by atoms with Crippen molar-refractivity contribution in [1.29, 1.82) is 0 Å². The minimum atomic E-state index is -0.728. The van der Waals surface area contributed by atoms with Crippen molar-refractivity contribution in [3.05, 3.63) is 48.2 Å². The number of thioether (sulfide) groups is 1. The molecule has 2 heterocycles. The Bertz CT molecular complexity index is 897. The summed E-state index contributed by atoms with van der Waals surface area (Å²) in [5.74, 6) is 4.73. The van der Waals surface area contributed by atoms with E-state index in [0.29, 0.717) is 11.6 Å². The van der Waals surface area contributed by atoms with Crippen molar-refractivity contribution in [2.24, 2.45) is 0 Å². The van der Waals surface area contributed by atoms with E-state index in [-0.39, 0.29) is 10.8 Å². The molecule has 0 aliphatic heterocycles. The van der Waals surface area contributed by atoms with Crippen LogP contribution in [0.5, 0.6) is 0 Å². The maximum atomic E-state index is 13.6. The van der Waals surface area contributed by atoms with Crippen LogP contribution < -0.4 is 11.2 Å². The number of nitrogens with zero attached hydrogens (tertiary/aromatic N) is 3. The van der Waals surface area contributed by atoms with Crippen molar-refractivity contribution < 1.29 is 18.0 Å². The Morgan fingerprint density at radius 1 is 1.36 bits per heavy atom. The number of hydrogen-bond acceptors (Lipinski definition) is 6. The van der Waals surface area contributed by atoms with Crippen molar-refractivity contribution in [2.75, 3.05) is 11.2 Å². The van der Waals surface area contributed by atoms with Gasteiger partial charge in [-0.05, 0) is 31.2 Å². The van der Waals surface area contributed by atoms with Gasteiger partial charge in [-0.3, -0.25) is 4.79 Å². The summed E-state index contributed by atoms with van der Waals surface area (Å²) in [6.45, 7) is 1.58. The van der Waals surface area contributed by atoms with Crippen LogP contribution in [-0.4, -0.2) is 26.0 Å². The first-order valence-corrected chi connectivity index (χ1v) is 8.00. The fraction of sp³-hybridized carbons (Fsp3) is 0.133. The number of halogens is 2. The predicted octanol–water partition coefficient (Wildman–Crippen LogP) is 2.65. The number of nitrogens with one attached hydrogen (secondary N) is 1. The summed E-state index contributed by atoms with van der Waals surface area (Å²) in [7, 11) is 0. The molecule has 0 aliphatic carbocycles. The SMILES string of the molecule is CC(Sc1nnc(-c2ccco2)n1N)C(=O)Nc1cc(F)ccc1F.